The number of anilines is 2. The third-order valence-electron chi connectivity index (χ3n) is 4.22. The van der Waals surface area contributed by atoms with Crippen LogP contribution in [0.5, 0.6) is 0 Å². The number of nitrogens with zero attached hydrogens (tertiary/aromatic N) is 3. The first-order valence-corrected chi connectivity index (χ1v) is 9.00. The second-order valence-corrected chi connectivity index (χ2v) is 6.79. The predicted octanol–water partition coefficient (Wildman–Crippen LogP) is 1.63. The maximum absolute atomic E-state index is 12.4. The Morgan fingerprint density at radius 1 is 1.26 bits per heavy atom. The molecule has 11 heteroatoms. The zero-order valence-electron chi connectivity index (χ0n) is 14.0. The highest BCUT2D eigenvalue weighted by atomic mass is 32.1. The summed E-state index contributed by atoms with van der Waals surface area (Å²) in [5.74, 6) is -0.931. The number of carbonyl (C=O) groups is 2. The Kier molecular flexibility index (Phi) is 4.28. The van der Waals surface area contributed by atoms with Crippen molar-refractivity contribution >= 4 is 45.3 Å². The number of hydrogen-bond donors (Lipinski definition) is 3. The Hall–Kier alpha value is -3.34. The normalized spacial score (nSPS) is 14.5. The van der Waals surface area contributed by atoms with Crippen LogP contribution in [0.25, 0.3) is 11.1 Å². The lowest BCUT2D eigenvalue weighted by Crippen LogP contribution is -2.48. The quantitative estimate of drug-likeness (QED) is 0.620. The number of aromatic amines is 1. The summed E-state index contributed by atoms with van der Waals surface area (Å²) in [6.07, 6.45) is -0.927. The molecule has 2 amide bonds. The van der Waals surface area contributed by atoms with Gasteiger partial charge in [0.1, 0.15) is 5.69 Å². The molecule has 4 rings (SSSR count). The molecule has 2 aromatic heterocycles. The zero-order chi connectivity index (χ0) is 19.0. The number of fused-ring (bicyclic) bond motifs is 1. The molecule has 0 spiro atoms. The molecular formula is C16H15N5O5S. The molecule has 1 aliphatic rings. The van der Waals surface area contributed by atoms with Gasteiger partial charge in [-0.15, -0.1) is 11.3 Å². The van der Waals surface area contributed by atoms with Crippen molar-refractivity contribution in [2.45, 2.75) is 0 Å². The van der Waals surface area contributed by atoms with Crippen LogP contribution in [0.1, 0.15) is 10.5 Å². The molecule has 0 atom stereocenters. The number of oxazole rings is 1. The highest BCUT2D eigenvalue weighted by Gasteiger charge is 2.23. The Bertz CT molecular complexity index is 1060. The summed E-state index contributed by atoms with van der Waals surface area (Å²) in [6.45, 7) is 1.87. The lowest BCUT2D eigenvalue weighted by molar-refractivity contribution is 0.102. The van der Waals surface area contributed by atoms with Crippen molar-refractivity contribution in [2.24, 2.45) is 0 Å². The van der Waals surface area contributed by atoms with Gasteiger partial charge in [-0.2, -0.15) is 0 Å². The number of H-pyrrole nitrogens is 1. The average molecular weight is 389 g/mol. The van der Waals surface area contributed by atoms with Crippen molar-refractivity contribution < 1.29 is 19.1 Å². The summed E-state index contributed by atoms with van der Waals surface area (Å²) < 4.78 is 4.98. The van der Waals surface area contributed by atoms with E-state index in [2.05, 4.69) is 15.3 Å². The standard InChI is InChI=1S/C16H15N5O5S/c22-13(17-9-1-2-10-12(7-9)26-15(23)19-10)11-8-27-14(18-11)20-3-5-21(6-4-20)16(24)25/h1-2,7-8H,3-6H2,(H,17,22)(H,19,23)(H,24,25). The van der Waals surface area contributed by atoms with Gasteiger partial charge in [0.15, 0.2) is 10.7 Å². The number of hydrogen-bond acceptors (Lipinski definition) is 7. The monoisotopic (exact) mass is 389 g/mol. The number of benzene rings is 1. The summed E-state index contributed by atoms with van der Waals surface area (Å²) in [7, 11) is 0. The van der Waals surface area contributed by atoms with E-state index in [9.17, 15) is 14.4 Å². The molecule has 0 aliphatic carbocycles. The Morgan fingerprint density at radius 2 is 2.04 bits per heavy atom. The molecule has 1 fully saturated rings. The zero-order valence-corrected chi connectivity index (χ0v) is 14.8. The van der Waals surface area contributed by atoms with Gasteiger partial charge < -0.3 is 24.6 Å². The van der Waals surface area contributed by atoms with E-state index in [4.69, 9.17) is 9.52 Å². The van der Waals surface area contributed by atoms with Crippen LogP contribution >= 0.6 is 11.3 Å². The van der Waals surface area contributed by atoms with Crippen LogP contribution in [-0.2, 0) is 0 Å². The molecule has 3 heterocycles. The van der Waals surface area contributed by atoms with E-state index in [-0.39, 0.29) is 11.6 Å². The first-order chi connectivity index (χ1) is 13.0. The molecule has 0 unspecified atom stereocenters. The fraction of sp³-hybridized carbons (Fsp3) is 0.250. The molecule has 3 N–H and O–H groups in total. The van der Waals surface area contributed by atoms with Gasteiger partial charge in [-0.25, -0.2) is 14.6 Å². The van der Waals surface area contributed by atoms with Crippen LogP contribution in [0.2, 0.25) is 0 Å². The Balaban J connectivity index is 1.43. The number of aromatic nitrogens is 2. The molecule has 3 aromatic rings. The van der Waals surface area contributed by atoms with E-state index < -0.39 is 11.8 Å². The minimum absolute atomic E-state index is 0.270. The third kappa shape index (κ3) is 3.49. The van der Waals surface area contributed by atoms with Crippen molar-refractivity contribution in [3.05, 3.63) is 39.8 Å². The van der Waals surface area contributed by atoms with Crippen molar-refractivity contribution in [3.63, 3.8) is 0 Å². The summed E-state index contributed by atoms with van der Waals surface area (Å²) in [6, 6.07) is 4.86. The number of carbonyl (C=O) groups excluding carboxylic acids is 1. The van der Waals surface area contributed by atoms with Gasteiger partial charge in [0.25, 0.3) is 5.91 Å². The van der Waals surface area contributed by atoms with E-state index in [1.54, 1.807) is 23.6 Å². The van der Waals surface area contributed by atoms with E-state index in [1.165, 1.54) is 16.2 Å². The Labute approximate surface area is 156 Å². The second-order valence-electron chi connectivity index (χ2n) is 5.95. The maximum Gasteiger partial charge on any atom is 0.417 e. The average Bonchev–Trinajstić information content (AvgIpc) is 3.27. The predicted molar refractivity (Wildman–Crippen MR) is 98.7 cm³/mol. The second kappa shape index (κ2) is 6.76. The van der Waals surface area contributed by atoms with Crippen LogP contribution in [0.3, 0.4) is 0 Å². The molecular weight excluding hydrogens is 374 g/mol. The topological polar surface area (TPSA) is 132 Å². The summed E-state index contributed by atoms with van der Waals surface area (Å²) in [4.78, 5) is 44.8. The summed E-state index contributed by atoms with van der Waals surface area (Å²) in [5, 5.41) is 14.1. The van der Waals surface area contributed by atoms with E-state index in [0.717, 1.165) is 0 Å². The van der Waals surface area contributed by atoms with Crippen LogP contribution in [-0.4, -0.2) is 58.2 Å². The van der Waals surface area contributed by atoms with Gasteiger partial charge in [-0.05, 0) is 12.1 Å². The van der Waals surface area contributed by atoms with Crippen molar-refractivity contribution in [3.8, 4) is 0 Å². The largest absolute Gasteiger partial charge is 0.465 e. The van der Waals surface area contributed by atoms with Gasteiger partial charge in [0.05, 0.1) is 5.52 Å². The van der Waals surface area contributed by atoms with Gasteiger partial charge in [0, 0.05) is 43.3 Å². The van der Waals surface area contributed by atoms with Gasteiger partial charge in [-0.3, -0.25) is 9.78 Å². The fourth-order valence-corrected chi connectivity index (χ4v) is 3.68. The van der Waals surface area contributed by atoms with Crippen LogP contribution < -0.4 is 16.0 Å². The number of carboxylic acid groups (broad SMARTS) is 1. The Morgan fingerprint density at radius 3 is 2.78 bits per heavy atom. The first kappa shape index (κ1) is 17.1. The van der Waals surface area contributed by atoms with Crippen molar-refractivity contribution in [1.29, 1.82) is 0 Å². The third-order valence-corrected chi connectivity index (χ3v) is 5.13. The van der Waals surface area contributed by atoms with Gasteiger partial charge in [0.2, 0.25) is 0 Å². The number of piperazine rings is 1. The number of amides is 2. The first-order valence-electron chi connectivity index (χ1n) is 8.12. The highest BCUT2D eigenvalue weighted by Crippen LogP contribution is 2.23. The van der Waals surface area contributed by atoms with E-state index in [1.807, 2.05) is 4.90 Å². The number of nitrogens with one attached hydrogen (secondary N) is 2. The lowest BCUT2D eigenvalue weighted by atomic mass is 10.3. The summed E-state index contributed by atoms with van der Waals surface area (Å²) in [5.41, 5.74) is 1.66. The molecule has 0 saturated carbocycles. The fourth-order valence-electron chi connectivity index (χ4n) is 2.82. The van der Waals surface area contributed by atoms with Crippen LogP contribution in [0.4, 0.5) is 15.6 Å². The smallest absolute Gasteiger partial charge is 0.417 e. The number of thiazole rings is 1. The van der Waals surface area contributed by atoms with E-state index >= 15 is 0 Å². The molecule has 1 aromatic carbocycles. The van der Waals surface area contributed by atoms with Crippen LogP contribution in [0.15, 0.2) is 32.8 Å². The molecule has 10 nitrogen and oxygen atoms in total. The minimum atomic E-state index is -0.927. The van der Waals surface area contributed by atoms with Crippen molar-refractivity contribution in [2.75, 3.05) is 36.4 Å². The molecule has 0 bridgehead atoms. The molecule has 1 aliphatic heterocycles. The number of rotatable bonds is 3. The maximum atomic E-state index is 12.4. The van der Waals surface area contributed by atoms with Crippen molar-refractivity contribution in [1.82, 2.24) is 14.9 Å². The molecule has 0 radical (unpaired) electrons. The van der Waals surface area contributed by atoms with Gasteiger partial charge in [-0.1, -0.05) is 0 Å². The van der Waals surface area contributed by atoms with Gasteiger partial charge >= 0.3 is 11.8 Å². The van der Waals surface area contributed by atoms with Crippen LogP contribution in [0, 0.1) is 0 Å². The molecule has 27 heavy (non-hydrogen) atoms. The minimum Gasteiger partial charge on any atom is -0.465 e. The molecule has 140 valence electrons. The highest BCUT2D eigenvalue weighted by molar-refractivity contribution is 7.14. The lowest BCUT2D eigenvalue weighted by Gasteiger charge is -2.32. The molecule has 1 saturated heterocycles. The summed E-state index contributed by atoms with van der Waals surface area (Å²) >= 11 is 1.33. The SMILES string of the molecule is O=C(Nc1ccc2[nH]c(=O)oc2c1)c1csc(N2CCN(C(=O)O)CC2)n1. The van der Waals surface area contributed by atoms with E-state index in [0.29, 0.717) is 48.1 Å².